The molecule has 0 unspecified atom stereocenters. The molecular weight excluding hydrogens is 334 g/mol. The first kappa shape index (κ1) is 19.0. The van der Waals surface area contributed by atoms with Crippen molar-refractivity contribution in [3.63, 3.8) is 0 Å². The number of hydrogen-bond donors (Lipinski definition) is 3. The van der Waals surface area contributed by atoms with E-state index < -0.39 is 0 Å². The molecule has 2 rings (SSSR count). The number of rotatable bonds is 7. The molecule has 0 aromatic heterocycles. The van der Waals surface area contributed by atoms with Crippen molar-refractivity contribution >= 4 is 29.1 Å². The number of nitrogens with one attached hydrogen (secondary N) is 3. The van der Waals surface area contributed by atoms with E-state index >= 15 is 0 Å². The van der Waals surface area contributed by atoms with Crippen LogP contribution in [0.25, 0.3) is 0 Å². The van der Waals surface area contributed by atoms with Crippen LogP contribution in [0.1, 0.15) is 24.2 Å². The lowest BCUT2D eigenvalue weighted by molar-refractivity contribution is -0.118. The van der Waals surface area contributed by atoms with Crippen LogP contribution in [0.15, 0.2) is 48.5 Å². The van der Waals surface area contributed by atoms with Gasteiger partial charge in [-0.15, -0.1) is 0 Å². The van der Waals surface area contributed by atoms with Gasteiger partial charge in [0, 0.05) is 24.7 Å². The van der Waals surface area contributed by atoms with Crippen molar-refractivity contribution in [2.24, 2.45) is 0 Å². The fourth-order valence-electron chi connectivity index (χ4n) is 2.23. The molecule has 3 N–H and O–H groups in total. The van der Waals surface area contributed by atoms with E-state index in [1.54, 1.807) is 48.5 Å². The molecule has 0 radical (unpaired) electrons. The smallest absolute Gasteiger partial charge is 0.262 e. The second-order valence-corrected chi connectivity index (χ2v) is 5.45. The number of carbonyl (C=O) groups excluding carboxylic acids is 3. The zero-order valence-electron chi connectivity index (χ0n) is 14.7. The van der Waals surface area contributed by atoms with E-state index in [9.17, 15) is 14.4 Å². The van der Waals surface area contributed by atoms with E-state index in [1.807, 2.05) is 6.92 Å². The molecule has 2 aromatic rings. The molecule has 26 heavy (non-hydrogen) atoms. The molecule has 0 aliphatic carbocycles. The first-order chi connectivity index (χ1) is 12.5. The Hall–Kier alpha value is -3.35. The third-order valence-corrected chi connectivity index (χ3v) is 3.30. The van der Waals surface area contributed by atoms with Crippen LogP contribution in [-0.2, 0) is 9.59 Å². The van der Waals surface area contributed by atoms with Crippen LogP contribution in [-0.4, -0.2) is 30.9 Å². The molecule has 0 fully saturated rings. The van der Waals surface area contributed by atoms with E-state index in [0.717, 1.165) is 0 Å². The van der Waals surface area contributed by atoms with E-state index in [4.69, 9.17) is 4.74 Å². The summed E-state index contributed by atoms with van der Waals surface area (Å²) in [5, 5.41) is 8.02. The number of carbonyl (C=O) groups is 3. The van der Waals surface area contributed by atoms with Crippen LogP contribution in [0.5, 0.6) is 5.75 Å². The van der Waals surface area contributed by atoms with Gasteiger partial charge in [0.15, 0.2) is 6.61 Å². The molecule has 7 nitrogen and oxygen atoms in total. The summed E-state index contributed by atoms with van der Waals surface area (Å²) in [6.07, 6.45) is 0. The summed E-state index contributed by atoms with van der Waals surface area (Å²) in [7, 11) is 0. The summed E-state index contributed by atoms with van der Waals surface area (Å²) < 4.78 is 5.48. The Morgan fingerprint density at radius 1 is 1.00 bits per heavy atom. The van der Waals surface area contributed by atoms with Crippen molar-refractivity contribution in [3.8, 4) is 5.75 Å². The third kappa shape index (κ3) is 5.62. The minimum absolute atomic E-state index is 0.205. The fraction of sp³-hybridized carbons (Fsp3) is 0.211. The van der Waals surface area contributed by atoms with E-state index in [1.165, 1.54) is 6.92 Å². The van der Waals surface area contributed by atoms with E-state index in [0.29, 0.717) is 29.2 Å². The Bertz CT molecular complexity index is 805. The molecule has 0 saturated heterocycles. The number of anilines is 2. The summed E-state index contributed by atoms with van der Waals surface area (Å²) in [4.78, 5) is 35.1. The topological polar surface area (TPSA) is 96.5 Å². The SMILES string of the molecule is CCNC(=O)c1cccc(NC(=O)COc2ccccc2NC(C)=O)c1. The van der Waals surface area contributed by atoms with Gasteiger partial charge in [0.25, 0.3) is 11.8 Å². The van der Waals surface area contributed by atoms with Gasteiger partial charge in [0.2, 0.25) is 5.91 Å². The minimum atomic E-state index is -0.379. The van der Waals surface area contributed by atoms with E-state index in [-0.39, 0.29) is 24.3 Å². The van der Waals surface area contributed by atoms with E-state index in [2.05, 4.69) is 16.0 Å². The van der Waals surface area contributed by atoms with Crippen LogP contribution in [0.2, 0.25) is 0 Å². The lowest BCUT2D eigenvalue weighted by Crippen LogP contribution is -2.23. The lowest BCUT2D eigenvalue weighted by Gasteiger charge is -2.12. The molecule has 2 aromatic carbocycles. The Morgan fingerprint density at radius 2 is 1.77 bits per heavy atom. The maximum absolute atomic E-state index is 12.1. The van der Waals surface area contributed by atoms with Crippen LogP contribution in [0.4, 0.5) is 11.4 Å². The minimum Gasteiger partial charge on any atom is -0.482 e. The number of ether oxygens (including phenoxy) is 1. The van der Waals surface area contributed by atoms with Crippen molar-refractivity contribution < 1.29 is 19.1 Å². The summed E-state index contributed by atoms with van der Waals surface area (Å²) in [5.41, 5.74) is 1.45. The van der Waals surface area contributed by atoms with Crippen molar-refractivity contribution in [2.75, 3.05) is 23.8 Å². The van der Waals surface area contributed by atoms with Crippen molar-refractivity contribution in [1.82, 2.24) is 5.32 Å². The molecule has 0 aliphatic rings. The number of hydrogen-bond acceptors (Lipinski definition) is 4. The number of amides is 3. The number of benzene rings is 2. The van der Waals surface area contributed by atoms with Crippen LogP contribution >= 0.6 is 0 Å². The fourth-order valence-corrected chi connectivity index (χ4v) is 2.23. The van der Waals surface area contributed by atoms with Gasteiger partial charge in [-0.05, 0) is 37.3 Å². The maximum atomic E-state index is 12.1. The quantitative estimate of drug-likeness (QED) is 0.710. The predicted octanol–water partition coefficient (Wildman–Crippen LogP) is 2.41. The standard InChI is InChI=1S/C19H21N3O4/c1-3-20-19(25)14-7-6-8-15(11-14)22-18(24)12-26-17-10-5-4-9-16(17)21-13(2)23/h4-11H,3,12H2,1-2H3,(H,20,25)(H,21,23)(H,22,24). The molecule has 7 heteroatoms. The first-order valence-corrected chi connectivity index (χ1v) is 8.17. The Balaban J connectivity index is 1.97. The molecule has 0 spiro atoms. The highest BCUT2D eigenvalue weighted by Gasteiger charge is 2.10. The third-order valence-electron chi connectivity index (χ3n) is 3.30. The van der Waals surface area contributed by atoms with Crippen LogP contribution in [0, 0.1) is 0 Å². The van der Waals surface area contributed by atoms with Crippen LogP contribution in [0.3, 0.4) is 0 Å². The average Bonchev–Trinajstić information content (AvgIpc) is 2.61. The summed E-state index contributed by atoms with van der Waals surface area (Å²) in [6, 6.07) is 13.5. The Labute approximate surface area is 151 Å². The van der Waals surface area contributed by atoms with Crippen molar-refractivity contribution in [2.45, 2.75) is 13.8 Å². The molecule has 136 valence electrons. The molecule has 0 heterocycles. The van der Waals surface area contributed by atoms with Gasteiger partial charge in [-0.3, -0.25) is 14.4 Å². The van der Waals surface area contributed by atoms with Crippen LogP contribution < -0.4 is 20.7 Å². The normalized spacial score (nSPS) is 9.92. The molecule has 3 amide bonds. The highest BCUT2D eigenvalue weighted by atomic mass is 16.5. The molecule has 0 atom stereocenters. The zero-order valence-corrected chi connectivity index (χ0v) is 14.7. The van der Waals surface area contributed by atoms with Gasteiger partial charge in [-0.1, -0.05) is 18.2 Å². The van der Waals surface area contributed by atoms with Gasteiger partial charge in [0.1, 0.15) is 5.75 Å². The average molecular weight is 355 g/mol. The largest absolute Gasteiger partial charge is 0.482 e. The second kappa shape index (κ2) is 9.22. The predicted molar refractivity (Wildman–Crippen MR) is 99.3 cm³/mol. The highest BCUT2D eigenvalue weighted by molar-refractivity contribution is 5.97. The Kier molecular flexibility index (Phi) is 6.73. The molecule has 0 bridgehead atoms. The maximum Gasteiger partial charge on any atom is 0.262 e. The molecule has 0 saturated carbocycles. The molecule has 0 aliphatic heterocycles. The molecular formula is C19H21N3O4. The Morgan fingerprint density at radius 3 is 2.50 bits per heavy atom. The van der Waals surface area contributed by atoms with Crippen molar-refractivity contribution in [1.29, 1.82) is 0 Å². The monoisotopic (exact) mass is 355 g/mol. The summed E-state index contributed by atoms with van der Waals surface area (Å²) >= 11 is 0. The van der Waals surface area contributed by atoms with Gasteiger partial charge in [0.05, 0.1) is 5.69 Å². The van der Waals surface area contributed by atoms with Gasteiger partial charge in [-0.2, -0.15) is 0 Å². The summed E-state index contributed by atoms with van der Waals surface area (Å²) in [5.74, 6) is -0.415. The number of para-hydroxylation sites is 2. The van der Waals surface area contributed by atoms with Gasteiger partial charge in [-0.25, -0.2) is 0 Å². The van der Waals surface area contributed by atoms with Gasteiger partial charge >= 0.3 is 0 Å². The second-order valence-electron chi connectivity index (χ2n) is 5.45. The zero-order chi connectivity index (χ0) is 18.9. The van der Waals surface area contributed by atoms with Crippen molar-refractivity contribution in [3.05, 3.63) is 54.1 Å². The summed E-state index contributed by atoms with van der Waals surface area (Å²) in [6.45, 7) is 3.52. The lowest BCUT2D eigenvalue weighted by atomic mass is 10.2. The highest BCUT2D eigenvalue weighted by Crippen LogP contribution is 2.23. The first-order valence-electron chi connectivity index (χ1n) is 8.17. The van der Waals surface area contributed by atoms with Gasteiger partial charge < -0.3 is 20.7 Å².